The molecule has 0 aromatic carbocycles. The maximum Gasteiger partial charge on any atom is 0.234 e. The summed E-state index contributed by atoms with van der Waals surface area (Å²) >= 11 is 0. The first-order valence-electron chi connectivity index (χ1n) is 5.44. The van der Waals surface area contributed by atoms with Crippen LogP contribution in [0.1, 0.15) is 23.9 Å². The molecule has 2 aromatic rings. The van der Waals surface area contributed by atoms with Crippen LogP contribution < -0.4 is 5.32 Å². The minimum atomic E-state index is 0.840. The third kappa shape index (κ3) is 1.33. The molecule has 2 aromatic heterocycles. The Morgan fingerprint density at radius 1 is 1.53 bits per heavy atom. The van der Waals surface area contributed by atoms with Crippen LogP contribution in [0.25, 0.3) is 5.78 Å². The highest BCUT2D eigenvalue weighted by molar-refractivity contribution is 5.37. The number of hydrogen-bond donors (Lipinski definition) is 1. The van der Waals surface area contributed by atoms with Gasteiger partial charge in [0.25, 0.3) is 0 Å². The van der Waals surface area contributed by atoms with Gasteiger partial charge in [-0.25, -0.2) is 9.97 Å². The van der Waals surface area contributed by atoms with Crippen molar-refractivity contribution >= 4 is 5.78 Å². The van der Waals surface area contributed by atoms with Crippen LogP contribution in [0, 0.1) is 0 Å². The molecule has 0 radical (unpaired) electrons. The summed E-state index contributed by atoms with van der Waals surface area (Å²) in [5.74, 6) is 0.840. The molecule has 1 aliphatic heterocycles. The summed E-state index contributed by atoms with van der Waals surface area (Å²) in [5, 5.41) is 3.35. The van der Waals surface area contributed by atoms with Crippen LogP contribution in [-0.2, 0) is 19.4 Å². The van der Waals surface area contributed by atoms with Crippen molar-refractivity contribution in [2.24, 2.45) is 0 Å². The van der Waals surface area contributed by atoms with Crippen molar-refractivity contribution in [2.45, 2.75) is 26.3 Å². The summed E-state index contributed by atoms with van der Waals surface area (Å²) in [6, 6.07) is 0. The lowest BCUT2D eigenvalue weighted by Gasteiger charge is -2.17. The van der Waals surface area contributed by atoms with E-state index in [-0.39, 0.29) is 0 Å². The van der Waals surface area contributed by atoms with Crippen molar-refractivity contribution in [1.82, 2.24) is 19.7 Å². The van der Waals surface area contributed by atoms with Crippen LogP contribution in [0.2, 0.25) is 0 Å². The Hall–Kier alpha value is -1.42. The van der Waals surface area contributed by atoms with Crippen molar-refractivity contribution in [3.8, 4) is 0 Å². The highest BCUT2D eigenvalue weighted by Crippen LogP contribution is 2.15. The second-order valence-electron chi connectivity index (χ2n) is 3.91. The Kier molecular flexibility index (Phi) is 1.95. The SMILES string of the molecule is CCc1cn2c3c(cnc2n1)CNCC3. The number of nitrogens with one attached hydrogen (secondary N) is 1. The number of aromatic nitrogens is 3. The predicted molar refractivity (Wildman–Crippen MR) is 57.8 cm³/mol. The normalized spacial score (nSPS) is 15.5. The van der Waals surface area contributed by atoms with Crippen LogP contribution in [0.5, 0.6) is 0 Å². The van der Waals surface area contributed by atoms with Gasteiger partial charge < -0.3 is 5.32 Å². The van der Waals surface area contributed by atoms with E-state index in [1.807, 2.05) is 6.20 Å². The molecule has 0 saturated heterocycles. The van der Waals surface area contributed by atoms with Gasteiger partial charge in [-0.2, -0.15) is 0 Å². The lowest BCUT2D eigenvalue weighted by molar-refractivity contribution is 0.620. The zero-order chi connectivity index (χ0) is 10.3. The van der Waals surface area contributed by atoms with Gasteiger partial charge in [0.15, 0.2) is 0 Å². The Morgan fingerprint density at radius 3 is 3.33 bits per heavy atom. The first kappa shape index (κ1) is 8.85. The molecule has 3 heterocycles. The second kappa shape index (κ2) is 3.31. The Balaban J connectivity index is 2.25. The molecule has 0 fully saturated rings. The first-order valence-corrected chi connectivity index (χ1v) is 5.44. The van der Waals surface area contributed by atoms with E-state index in [0.29, 0.717) is 0 Å². The molecule has 0 bridgehead atoms. The van der Waals surface area contributed by atoms with Crippen LogP contribution in [-0.4, -0.2) is 20.9 Å². The van der Waals surface area contributed by atoms with Gasteiger partial charge in [-0.3, -0.25) is 4.40 Å². The van der Waals surface area contributed by atoms with Gasteiger partial charge in [0.2, 0.25) is 5.78 Å². The van der Waals surface area contributed by atoms with Crippen LogP contribution in [0.3, 0.4) is 0 Å². The van der Waals surface area contributed by atoms with Crippen LogP contribution >= 0.6 is 0 Å². The van der Waals surface area contributed by atoms with E-state index in [1.165, 1.54) is 11.3 Å². The van der Waals surface area contributed by atoms with Gasteiger partial charge in [0.05, 0.1) is 5.69 Å². The molecule has 0 unspecified atom stereocenters. The topological polar surface area (TPSA) is 42.2 Å². The zero-order valence-electron chi connectivity index (χ0n) is 8.82. The quantitative estimate of drug-likeness (QED) is 0.748. The molecular formula is C11H14N4. The predicted octanol–water partition coefficient (Wildman–Crippen LogP) is 0.937. The molecule has 78 valence electrons. The number of rotatable bonds is 1. The van der Waals surface area contributed by atoms with E-state index >= 15 is 0 Å². The maximum atomic E-state index is 4.47. The molecule has 0 aliphatic carbocycles. The molecule has 0 spiro atoms. The van der Waals surface area contributed by atoms with E-state index in [0.717, 1.165) is 37.4 Å². The minimum Gasteiger partial charge on any atom is -0.312 e. The van der Waals surface area contributed by atoms with Crippen molar-refractivity contribution in [1.29, 1.82) is 0 Å². The Morgan fingerprint density at radius 2 is 2.47 bits per heavy atom. The zero-order valence-corrected chi connectivity index (χ0v) is 8.82. The summed E-state index contributed by atoms with van der Waals surface area (Å²) in [5.41, 5.74) is 3.79. The number of imidazole rings is 1. The Bertz CT molecular complexity index is 501. The molecule has 1 N–H and O–H groups in total. The third-order valence-corrected chi connectivity index (χ3v) is 2.95. The number of aryl methyl sites for hydroxylation is 1. The summed E-state index contributed by atoms with van der Waals surface area (Å²) in [6.45, 7) is 4.10. The number of nitrogens with zero attached hydrogens (tertiary/aromatic N) is 3. The lowest BCUT2D eigenvalue weighted by atomic mass is 10.1. The largest absolute Gasteiger partial charge is 0.312 e. The average Bonchev–Trinajstić information content (AvgIpc) is 2.72. The van der Waals surface area contributed by atoms with Crippen molar-refractivity contribution in [2.75, 3.05) is 6.54 Å². The molecule has 3 rings (SSSR count). The summed E-state index contributed by atoms with van der Waals surface area (Å²) in [7, 11) is 0. The van der Waals surface area contributed by atoms with Crippen molar-refractivity contribution < 1.29 is 0 Å². The fourth-order valence-electron chi connectivity index (χ4n) is 2.10. The monoisotopic (exact) mass is 202 g/mol. The standard InChI is InChI=1S/C11H14N4/c1-2-9-7-15-10-3-4-12-5-8(10)6-13-11(15)14-9/h6-7,12H,2-5H2,1H3. The average molecular weight is 202 g/mol. The molecule has 15 heavy (non-hydrogen) atoms. The second-order valence-corrected chi connectivity index (χ2v) is 3.91. The minimum absolute atomic E-state index is 0.840. The summed E-state index contributed by atoms with van der Waals surface area (Å²) < 4.78 is 2.15. The van der Waals surface area contributed by atoms with Gasteiger partial charge in [-0.1, -0.05) is 6.92 Å². The maximum absolute atomic E-state index is 4.47. The molecule has 4 nitrogen and oxygen atoms in total. The molecule has 0 atom stereocenters. The van der Waals surface area contributed by atoms with Gasteiger partial charge in [0.1, 0.15) is 0 Å². The fourth-order valence-corrected chi connectivity index (χ4v) is 2.10. The van der Waals surface area contributed by atoms with E-state index in [9.17, 15) is 0 Å². The van der Waals surface area contributed by atoms with Gasteiger partial charge >= 0.3 is 0 Å². The highest BCUT2D eigenvalue weighted by atomic mass is 15.1. The molecule has 0 saturated carbocycles. The van der Waals surface area contributed by atoms with E-state index in [4.69, 9.17) is 0 Å². The van der Waals surface area contributed by atoms with Gasteiger partial charge in [0, 0.05) is 43.2 Å². The van der Waals surface area contributed by atoms with E-state index in [2.05, 4.69) is 32.8 Å². The van der Waals surface area contributed by atoms with Crippen LogP contribution in [0.15, 0.2) is 12.4 Å². The Labute approximate surface area is 88.4 Å². The van der Waals surface area contributed by atoms with Crippen LogP contribution in [0.4, 0.5) is 0 Å². The molecule has 1 aliphatic rings. The number of fused-ring (bicyclic) bond motifs is 3. The fraction of sp³-hybridized carbons (Fsp3) is 0.455. The van der Waals surface area contributed by atoms with Gasteiger partial charge in [-0.05, 0) is 6.42 Å². The number of hydrogen-bond acceptors (Lipinski definition) is 3. The van der Waals surface area contributed by atoms with E-state index < -0.39 is 0 Å². The molecular weight excluding hydrogens is 188 g/mol. The molecule has 0 amide bonds. The summed E-state index contributed by atoms with van der Waals surface area (Å²) in [4.78, 5) is 8.85. The highest BCUT2D eigenvalue weighted by Gasteiger charge is 2.13. The lowest BCUT2D eigenvalue weighted by Crippen LogP contribution is -2.25. The van der Waals surface area contributed by atoms with Crippen molar-refractivity contribution in [3.63, 3.8) is 0 Å². The van der Waals surface area contributed by atoms with Gasteiger partial charge in [-0.15, -0.1) is 0 Å². The van der Waals surface area contributed by atoms with Crippen molar-refractivity contribution in [3.05, 3.63) is 29.3 Å². The third-order valence-electron chi connectivity index (χ3n) is 2.95. The molecule has 4 heteroatoms. The van der Waals surface area contributed by atoms with E-state index in [1.54, 1.807) is 0 Å². The first-order chi connectivity index (χ1) is 7.38. The smallest absolute Gasteiger partial charge is 0.234 e. The summed E-state index contributed by atoms with van der Waals surface area (Å²) in [6.07, 6.45) is 6.10.